The number of ether oxygens (including phenoxy) is 1. The van der Waals surface area contributed by atoms with Gasteiger partial charge in [-0.2, -0.15) is 0 Å². The van der Waals surface area contributed by atoms with Crippen LogP contribution in [-0.4, -0.2) is 53.2 Å². The van der Waals surface area contributed by atoms with Gasteiger partial charge >= 0.3 is 0 Å². The number of thiophene rings is 1. The smallest absolute Gasteiger partial charge is 0.254 e. The Morgan fingerprint density at radius 2 is 1.92 bits per heavy atom. The highest BCUT2D eigenvalue weighted by molar-refractivity contribution is 7.15. The molecule has 0 saturated carbocycles. The van der Waals surface area contributed by atoms with Gasteiger partial charge in [-0.1, -0.05) is 35.6 Å². The van der Waals surface area contributed by atoms with Gasteiger partial charge in [0, 0.05) is 34.3 Å². The summed E-state index contributed by atoms with van der Waals surface area (Å²) in [5, 5.41) is 11.1. The molecule has 6 rings (SSSR count). The van der Waals surface area contributed by atoms with E-state index in [-0.39, 0.29) is 23.5 Å². The van der Waals surface area contributed by atoms with Crippen molar-refractivity contribution in [3.05, 3.63) is 87.5 Å². The number of nitrogens with one attached hydrogen (secondary N) is 1. The first kappa shape index (κ1) is 24.8. The van der Waals surface area contributed by atoms with E-state index in [9.17, 15) is 14.0 Å². The fourth-order valence-corrected chi connectivity index (χ4v) is 7.20. The van der Waals surface area contributed by atoms with Gasteiger partial charge in [0.1, 0.15) is 11.3 Å². The zero-order valence-electron chi connectivity index (χ0n) is 20.6. The summed E-state index contributed by atoms with van der Waals surface area (Å²) in [6.45, 7) is 4.26. The number of anilines is 1. The molecule has 0 bridgehead atoms. The molecule has 3 heterocycles. The van der Waals surface area contributed by atoms with Crippen molar-refractivity contribution in [3.63, 3.8) is 0 Å². The number of hydrogen-bond donors (Lipinski definition) is 1. The van der Waals surface area contributed by atoms with Gasteiger partial charge in [-0.05, 0) is 60.4 Å². The molecule has 2 aromatic carbocycles. The standard InChI is InChI=1S/C28H25FN4O3S2/c1-28(26(35)31-27-32-30-16-37-27)15-23-21(24(28)19-3-2-4-20(29)13-19)14-22(38-23)17-5-7-18(8-6-17)25(34)33-9-11-36-12-10-33/h2-8,13-14,16,24H,9-12,15H2,1H3,(H,31,32,35)/t24-,28+/m0/s1. The van der Waals surface area contributed by atoms with E-state index in [1.165, 1.54) is 23.5 Å². The summed E-state index contributed by atoms with van der Waals surface area (Å²) in [5.74, 6) is -0.816. The zero-order valence-corrected chi connectivity index (χ0v) is 22.3. The number of carbonyl (C=O) groups excluding carboxylic acids is 2. The molecule has 10 heteroatoms. The maximum absolute atomic E-state index is 14.3. The van der Waals surface area contributed by atoms with E-state index in [0.717, 1.165) is 26.4 Å². The average Bonchev–Trinajstić information content (AvgIpc) is 3.65. The summed E-state index contributed by atoms with van der Waals surface area (Å²) >= 11 is 2.90. The van der Waals surface area contributed by atoms with Gasteiger partial charge in [-0.15, -0.1) is 21.5 Å². The van der Waals surface area contributed by atoms with E-state index in [0.29, 0.717) is 43.4 Å². The van der Waals surface area contributed by atoms with E-state index < -0.39 is 5.41 Å². The van der Waals surface area contributed by atoms with Gasteiger partial charge in [0.2, 0.25) is 11.0 Å². The van der Waals surface area contributed by atoms with Crippen molar-refractivity contribution in [2.24, 2.45) is 5.41 Å². The van der Waals surface area contributed by atoms with E-state index >= 15 is 0 Å². The minimum absolute atomic E-state index is 0.0110. The van der Waals surface area contributed by atoms with Crippen LogP contribution in [0.1, 0.15) is 39.2 Å². The molecular formula is C28H25FN4O3S2. The van der Waals surface area contributed by atoms with Crippen molar-refractivity contribution in [2.45, 2.75) is 19.3 Å². The lowest BCUT2D eigenvalue weighted by Crippen LogP contribution is -2.40. The Morgan fingerprint density at radius 3 is 2.63 bits per heavy atom. The van der Waals surface area contributed by atoms with E-state index in [1.54, 1.807) is 22.9 Å². The molecule has 2 aliphatic rings. The molecular weight excluding hydrogens is 523 g/mol. The molecule has 2 aromatic heterocycles. The van der Waals surface area contributed by atoms with Gasteiger partial charge in [-0.3, -0.25) is 9.59 Å². The number of nitrogens with zero attached hydrogens (tertiary/aromatic N) is 3. The molecule has 1 aliphatic heterocycles. The molecule has 0 spiro atoms. The number of amides is 2. The number of fused-ring (bicyclic) bond motifs is 1. The van der Waals surface area contributed by atoms with E-state index in [2.05, 4.69) is 21.6 Å². The van der Waals surface area contributed by atoms with Crippen LogP contribution >= 0.6 is 22.7 Å². The van der Waals surface area contributed by atoms with Crippen LogP contribution in [0.3, 0.4) is 0 Å². The number of benzene rings is 2. The van der Waals surface area contributed by atoms with Crippen LogP contribution in [0, 0.1) is 11.2 Å². The average molecular weight is 549 g/mol. The van der Waals surface area contributed by atoms with Crippen LogP contribution in [-0.2, 0) is 16.0 Å². The second kappa shape index (κ2) is 10.0. The maximum atomic E-state index is 14.3. The molecule has 7 nitrogen and oxygen atoms in total. The molecule has 1 N–H and O–H groups in total. The van der Waals surface area contributed by atoms with Gasteiger partial charge in [-0.25, -0.2) is 4.39 Å². The fraction of sp³-hybridized carbons (Fsp3) is 0.286. The summed E-state index contributed by atoms with van der Waals surface area (Å²) in [6, 6.07) is 16.3. The summed E-state index contributed by atoms with van der Waals surface area (Å²) in [5.41, 5.74) is 4.18. The first-order valence-corrected chi connectivity index (χ1v) is 14.0. The predicted octanol–water partition coefficient (Wildman–Crippen LogP) is 5.21. The minimum atomic E-state index is -0.826. The summed E-state index contributed by atoms with van der Waals surface area (Å²) in [4.78, 5) is 30.3. The van der Waals surface area contributed by atoms with Gasteiger partial charge in [0.05, 0.1) is 18.6 Å². The number of morpholine rings is 1. The van der Waals surface area contributed by atoms with E-state index in [4.69, 9.17) is 4.74 Å². The van der Waals surface area contributed by atoms with Crippen LogP contribution in [0.5, 0.6) is 0 Å². The van der Waals surface area contributed by atoms with Crippen LogP contribution in [0.4, 0.5) is 9.52 Å². The lowest BCUT2D eigenvalue weighted by atomic mass is 9.73. The number of rotatable bonds is 5. The Balaban J connectivity index is 1.31. The molecule has 2 atom stereocenters. The Kier molecular flexibility index (Phi) is 6.55. The zero-order chi connectivity index (χ0) is 26.3. The Bertz CT molecular complexity index is 1480. The normalized spacial score (nSPS) is 20.8. The molecule has 1 aliphatic carbocycles. The van der Waals surface area contributed by atoms with Crippen LogP contribution in [0.2, 0.25) is 0 Å². The summed E-state index contributed by atoms with van der Waals surface area (Å²) < 4.78 is 19.7. The molecule has 2 amide bonds. The summed E-state index contributed by atoms with van der Waals surface area (Å²) in [7, 11) is 0. The number of carbonyl (C=O) groups is 2. The predicted molar refractivity (Wildman–Crippen MR) is 145 cm³/mol. The van der Waals surface area contributed by atoms with Crippen LogP contribution < -0.4 is 5.32 Å². The first-order chi connectivity index (χ1) is 18.4. The Hall–Kier alpha value is -3.47. The van der Waals surface area contributed by atoms with Crippen molar-refractivity contribution < 1.29 is 18.7 Å². The molecule has 194 valence electrons. The largest absolute Gasteiger partial charge is 0.378 e. The van der Waals surface area contributed by atoms with Gasteiger partial charge in [0.15, 0.2) is 0 Å². The third-order valence-electron chi connectivity index (χ3n) is 7.31. The number of halogens is 1. The van der Waals surface area contributed by atoms with Gasteiger partial charge in [0.25, 0.3) is 5.91 Å². The molecule has 4 aromatic rings. The van der Waals surface area contributed by atoms with E-state index in [1.807, 2.05) is 42.2 Å². The quantitative estimate of drug-likeness (QED) is 0.370. The molecule has 0 unspecified atom stereocenters. The molecule has 1 fully saturated rings. The van der Waals surface area contributed by atoms with Crippen molar-refractivity contribution in [2.75, 3.05) is 31.6 Å². The van der Waals surface area contributed by atoms with Crippen molar-refractivity contribution in [1.82, 2.24) is 15.1 Å². The summed E-state index contributed by atoms with van der Waals surface area (Å²) in [6.07, 6.45) is 0.520. The molecule has 0 radical (unpaired) electrons. The monoisotopic (exact) mass is 548 g/mol. The Labute approximate surface area is 227 Å². The van der Waals surface area contributed by atoms with Gasteiger partial charge < -0.3 is 15.0 Å². The molecule has 1 saturated heterocycles. The lowest BCUT2D eigenvalue weighted by molar-refractivity contribution is -0.125. The highest BCUT2D eigenvalue weighted by atomic mass is 32.1. The number of hydrogen-bond acceptors (Lipinski definition) is 7. The lowest BCUT2D eigenvalue weighted by Gasteiger charge is -2.31. The van der Waals surface area contributed by atoms with Crippen LogP contribution in [0.15, 0.2) is 60.1 Å². The third-order valence-corrected chi connectivity index (χ3v) is 9.12. The number of aromatic nitrogens is 2. The topological polar surface area (TPSA) is 84.4 Å². The molecule has 38 heavy (non-hydrogen) atoms. The van der Waals surface area contributed by atoms with Crippen LogP contribution in [0.25, 0.3) is 10.4 Å². The van der Waals surface area contributed by atoms with Crippen molar-refractivity contribution in [3.8, 4) is 10.4 Å². The SMILES string of the molecule is C[C@@]1(C(=O)Nc2nncs2)Cc2sc(-c3ccc(C(=O)N4CCOCC4)cc3)cc2[C@@H]1c1cccc(F)c1. The first-order valence-electron chi connectivity index (χ1n) is 12.4. The minimum Gasteiger partial charge on any atom is -0.378 e. The highest BCUT2D eigenvalue weighted by Crippen LogP contribution is 2.55. The van der Waals surface area contributed by atoms with Crippen molar-refractivity contribution in [1.29, 1.82) is 0 Å². The second-order valence-electron chi connectivity index (χ2n) is 9.75. The fourth-order valence-electron chi connectivity index (χ4n) is 5.38. The highest BCUT2D eigenvalue weighted by Gasteiger charge is 2.50. The third kappa shape index (κ3) is 4.53. The Morgan fingerprint density at radius 1 is 1.13 bits per heavy atom. The van der Waals surface area contributed by atoms with Crippen molar-refractivity contribution >= 4 is 39.6 Å². The second-order valence-corrected chi connectivity index (χ2v) is 11.7. The maximum Gasteiger partial charge on any atom is 0.254 e.